The van der Waals surface area contributed by atoms with E-state index in [0.717, 1.165) is 26.1 Å². The molecular formula is C14H22O3S2. The lowest BCUT2D eigenvalue weighted by Gasteiger charge is -2.19. The van der Waals surface area contributed by atoms with Gasteiger partial charge in [0.15, 0.2) is 0 Å². The molecule has 0 spiro atoms. The van der Waals surface area contributed by atoms with Gasteiger partial charge in [-0.15, -0.1) is 0 Å². The fraction of sp³-hybridized carbons (Fsp3) is 0.714. The summed E-state index contributed by atoms with van der Waals surface area (Å²) < 4.78 is 16.5. The fourth-order valence-electron chi connectivity index (χ4n) is 2.14. The van der Waals surface area contributed by atoms with E-state index in [1.165, 1.54) is 49.8 Å². The van der Waals surface area contributed by atoms with Gasteiger partial charge in [-0.1, -0.05) is 0 Å². The summed E-state index contributed by atoms with van der Waals surface area (Å²) in [5.74, 6) is 0. The average Bonchev–Trinajstić information content (AvgIpc) is 2.48. The van der Waals surface area contributed by atoms with E-state index < -0.39 is 0 Å². The van der Waals surface area contributed by atoms with Crippen molar-refractivity contribution in [1.82, 2.24) is 0 Å². The van der Waals surface area contributed by atoms with E-state index in [1.54, 1.807) is 0 Å². The van der Waals surface area contributed by atoms with Gasteiger partial charge in [0, 0.05) is 37.3 Å². The van der Waals surface area contributed by atoms with Crippen LogP contribution in [-0.4, -0.2) is 25.4 Å². The second-order valence-corrected chi connectivity index (χ2v) is 6.20. The summed E-state index contributed by atoms with van der Waals surface area (Å²) in [6.45, 7) is 1.78. The van der Waals surface area contributed by atoms with Gasteiger partial charge < -0.3 is 9.47 Å². The quantitative estimate of drug-likeness (QED) is 0.533. The Morgan fingerprint density at radius 1 is 0.789 bits per heavy atom. The molecule has 5 heteroatoms. The van der Waals surface area contributed by atoms with Crippen molar-refractivity contribution < 1.29 is 13.1 Å². The SMILES string of the molecule is C(=C\C1CCCCO1)/SOS/C=C/C1CCCCO1. The molecule has 19 heavy (non-hydrogen) atoms. The molecule has 2 rings (SSSR count). The van der Waals surface area contributed by atoms with Crippen molar-refractivity contribution in [2.24, 2.45) is 0 Å². The molecular weight excluding hydrogens is 280 g/mol. The van der Waals surface area contributed by atoms with Crippen molar-refractivity contribution in [2.45, 2.75) is 50.7 Å². The first-order valence-corrected chi connectivity index (χ1v) is 8.61. The van der Waals surface area contributed by atoms with Gasteiger partial charge in [0.2, 0.25) is 0 Å². The van der Waals surface area contributed by atoms with E-state index in [4.69, 9.17) is 13.1 Å². The summed E-state index contributed by atoms with van der Waals surface area (Å²) in [4.78, 5) is 0. The van der Waals surface area contributed by atoms with Crippen LogP contribution < -0.4 is 0 Å². The normalized spacial score (nSPS) is 29.3. The summed E-state index contributed by atoms with van der Waals surface area (Å²) in [7, 11) is 0. The molecule has 0 N–H and O–H groups in total. The zero-order valence-electron chi connectivity index (χ0n) is 11.2. The molecule has 0 aromatic heterocycles. The summed E-state index contributed by atoms with van der Waals surface area (Å²) in [5, 5.41) is 3.93. The van der Waals surface area contributed by atoms with E-state index in [2.05, 4.69) is 12.2 Å². The highest BCUT2D eigenvalue weighted by molar-refractivity contribution is 8.10. The fourth-order valence-corrected chi connectivity index (χ4v) is 3.17. The number of hydrogen-bond acceptors (Lipinski definition) is 5. The predicted molar refractivity (Wildman–Crippen MR) is 81.7 cm³/mol. The van der Waals surface area contributed by atoms with E-state index in [9.17, 15) is 0 Å². The summed E-state index contributed by atoms with van der Waals surface area (Å²) >= 11 is 2.69. The highest BCUT2D eigenvalue weighted by atomic mass is 32.2. The molecule has 2 aliphatic rings. The van der Waals surface area contributed by atoms with Crippen molar-refractivity contribution >= 4 is 24.1 Å². The van der Waals surface area contributed by atoms with Crippen LogP contribution in [0.3, 0.4) is 0 Å². The van der Waals surface area contributed by atoms with Crippen LogP contribution in [0.4, 0.5) is 0 Å². The second kappa shape index (κ2) is 9.88. The van der Waals surface area contributed by atoms with Gasteiger partial charge in [0.25, 0.3) is 0 Å². The minimum absolute atomic E-state index is 0.279. The van der Waals surface area contributed by atoms with Crippen LogP contribution >= 0.6 is 24.1 Å². The Balaban J connectivity index is 1.49. The Kier molecular flexibility index (Phi) is 8.04. The second-order valence-electron chi connectivity index (χ2n) is 4.73. The van der Waals surface area contributed by atoms with E-state index in [1.807, 2.05) is 10.8 Å². The highest BCUT2D eigenvalue weighted by Gasteiger charge is 2.10. The zero-order valence-corrected chi connectivity index (χ0v) is 12.8. The minimum atomic E-state index is 0.279. The van der Waals surface area contributed by atoms with Crippen LogP contribution in [-0.2, 0) is 13.1 Å². The van der Waals surface area contributed by atoms with Gasteiger partial charge in [-0.2, -0.15) is 0 Å². The van der Waals surface area contributed by atoms with Crippen molar-refractivity contribution in [3.63, 3.8) is 0 Å². The standard InChI is InChI=1S/C14H22O3S2/c1-3-9-15-13(5-1)7-11-18-17-19-12-8-14-6-2-4-10-16-14/h7-8,11-14H,1-6,9-10H2/b11-7+,12-8+. The Labute approximate surface area is 124 Å². The maximum atomic E-state index is 5.59. The lowest BCUT2D eigenvalue weighted by molar-refractivity contribution is 0.0466. The van der Waals surface area contributed by atoms with Gasteiger partial charge in [-0.3, -0.25) is 0 Å². The van der Waals surface area contributed by atoms with Gasteiger partial charge >= 0.3 is 0 Å². The largest absolute Gasteiger partial charge is 0.374 e. The molecule has 0 saturated carbocycles. The molecule has 0 amide bonds. The molecule has 0 aliphatic carbocycles. The summed E-state index contributed by atoms with van der Waals surface area (Å²) in [5.41, 5.74) is 0. The Hall–Kier alpha value is 0.0600. The van der Waals surface area contributed by atoms with Gasteiger partial charge in [-0.25, -0.2) is 3.63 Å². The lowest BCUT2D eigenvalue weighted by atomic mass is 10.1. The van der Waals surface area contributed by atoms with Gasteiger partial charge in [-0.05, 0) is 61.5 Å². The molecule has 2 atom stereocenters. The van der Waals surface area contributed by atoms with Crippen LogP contribution in [0.5, 0.6) is 0 Å². The molecule has 2 saturated heterocycles. The Morgan fingerprint density at radius 2 is 1.32 bits per heavy atom. The molecule has 2 heterocycles. The molecule has 2 fully saturated rings. The predicted octanol–water partition coefficient (Wildman–Crippen LogP) is 4.47. The number of hydrogen-bond donors (Lipinski definition) is 0. The van der Waals surface area contributed by atoms with Crippen molar-refractivity contribution in [3.8, 4) is 0 Å². The molecule has 0 radical (unpaired) electrons. The number of rotatable bonds is 6. The molecule has 0 bridgehead atoms. The van der Waals surface area contributed by atoms with E-state index in [-0.39, 0.29) is 12.2 Å². The van der Waals surface area contributed by atoms with Gasteiger partial charge in [0.1, 0.15) is 0 Å². The Bertz CT molecular complexity index is 254. The smallest absolute Gasteiger partial charge is 0.0764 e. The van der Waals surface area contributed by atoms with E-state index >= 15 is 0 Å². The monoisotopic (exact) mass is 302 g/mol. The molecule has 3 nitrogen and oxygen atoms in total. The minimum Gasteiger partial charge on any atom is -0.374 e. The Morgan fingerprint density at radius 3 is 1.74 bits per heavy atom. The molecule has 0 aromatic rings. The van der Waals surface area contributed by atoms with Crippen LogP contribution in [0.25, 0.3) is 0 Å². The van der Waals surface area contributed by atoms with Crippen LogP contribution in [0.2, 0.25) is 0 Å². The zero-order chi connectivity index (χ0) is 13.2. The summed E-state index contributed by atoms with van der Waals surface area (Å²) in [6, 6.07) is 0. The van der Waals surface area contributed by atoms with Crippen LogP contribution in [0, 0.1) is 0 Å². The topological polar surface area (TPSA) is 27.7 Å². The third-order valence-corrected chi connectivity index (χ3v) is 4.37. The molecule has 2 aliphatic heterocycles. The average molecular weight is 302 g/mol. The van der Waals surface area contributed by atoms with E-state index in [0.29, 0.717) is 0 Å². The highest BCUT2D eigenvalue weighted by Crippen LogP contribution is 2.21. The molecule has 2 unspecified atom stereocenters. The van der Waals surface area contributed by atoms with Crippen molar-refractivity contribution in [1.29, 1.82) is 0 Å². The maximum Gasteiger partial charge on any atom is 0.0764 e. The van der Waals surface area contributed by atoms with Gasteiger partial charge in [0.05, 0.1) is 12.2 Å². The van der Waals surface area contributed by atoms with Crippen molar-refractivity contribution in [3.05, 3.63) is 23.0 Å². The van der Waals surface area contributed by atoms with Crippen LogP contribution in [0.1, 0.15) is 38.5 Å². The molecule has 108 valence electrons. The first-order valence-electron chi connectivity index (χ1n) is 7.00. The lowest BCUT2D eigenvalue weighted by Crippen LogP contribution is -2.15. The van der Waals surface area contributed by atoms with Crippen molar-refractivity contribution in [2.75, 3.05) is 13.2 Å². The summed E-state index contributed by atoms with van der Waals surface area (Å²) in [6.07, 6.45) is 11.9. The molecule has 0 aromatic carbocycles. The van der Waals surface area contributed by atoms with Crippen LogP contribution in [0.15, 0.2) is 23.0 Å². The third-order valence-electron chi connectivity index (χ3n) is 3.21. The number of ether oxygens (including phenoxy) is 2. The first-order chi connectivity index (χ1) is 9.45. The first kappa shape index (κ1) is 15.4. The maximum absolute atomic E-state index is 5.59. The third kappa shape index (κ3) is 6.86.